The van der Waals surface area contributed by atoms with E-state index in [1.165, 1.54) is 0 Å². The van der Waals surface area contributed by atoms with Gasteiger partial charge in [-0.2, -0.15) is 0 Å². The molecule has 2 fully saturated rings. The Morgan fingerprint density at radius 2 is 1.79 bits per heavy atom. The maximum Gasteiger partial charge on any atom is 0.247 e. The number of anilines is 1. The van der Waals surface area contributed by atoms with Gasteiger partial charge in [0.25, 0.3) is 0 Å². The summed E-state index contributed by atoms with van der Waals surface area (Å²) in [4.78, 5) is 17.4. The van der Waals surface area contributed by atoms with Crippen LogP contribution in [0.2, 0.25) is 0 Å². The molecule has 1 N–H and O–H groups in total. The van der Waals surface area contributed by atoms with Crippen molar-refractivity contribution in [3.8, 4) is 5.75 Å². The van der Waals surface area contributed by atoms with Crippen LogP contribution in [-0.4, -0.2) is 49.8 Å². The number of piperidine rings is 1. The van der Waals surface area contributed by atoms with Gasteiger partial charge >= 0.3 is 0 Å². The molecule has 5 heteroatoms. The third-order valence-electron chi connectivity index (χ3n) is 5.89. The molecule has 1 spiro atoms. The molecule has 0 bridgehead atoms. The highest BCUT2D eigenvalue weighted by Gasteiger charge is 2.50. The minimum absolute atomic E-state index is 0.167. The predicted molar refractivity (Wildman–Crippen MR) is 112 cm³/mol. The fourth-order valence-electron chi connectivity index (χ4n) is 4.27. The van der Waals surface area contributed by atoms with Gasteiger partial charge in [-0.05, 0) is 31.0 Å². The fraction of sp³-hybridized carbons (Fsp3) is 0.348. The van der Waals surface area contributed by atoms with Crippen LogP contribution >= 0.6 is 0 Å². The largest absolute Gasteiger partial charge is 0.496 e. The molecule has 2 heterocycles. The smallest absolute Gasteiger partial charge is 0.247 e. The van der Waals surface area contributed by atoms with Crippen molar-refractivity contribution in [3.05, 3.63) is 66.2 Å². The molecule has 28 heavy (non-hydrogen) atoms. The minimum atomic E-state index is -0.412. The molecule has 0 radical (unpaired) electrons. The molecule has 0 aliphatic carbocycles. The average Bonchev–Trinajstić information content (AvgIpc) is 3.06. The minimum Gasteiger partial charge on any atom is -0.496 e. The first kappa shape index (κ1) is 18.6. The van der Waals surface area contributed by atoms with Crippen molar-refractivity contribution in [2.45, 2.75) is 18.4 Å². The van der Waals surface area contributed by atoms with E-state index in [1.54, 1.807) is 7.11 Å². The van der Waals surface area contributed by atoms with E-state index in [-0.39, 0.29) is 5.91 Å². The second kappa shape index (κ2) is 8.07. The van der Waals surface area contributed by atoms with E-state index in [4.69, 9.17) is 4.74 Å². The van der Waals surface area contributed by atoms with Gasteiger partial charge in [0.1, 0.15) is 11.3 Å². The van der Waals surface area contributed by atoms with Crippen molar-refractivity contribution in [2.24, 2.45) is 0 Å². The normalized spacial score (nSPS) is 19.3. The van der Waals surface area contributed by atoms with Gasteiger partial charge in [0, 0.05) is 30.9 Å². The second-order valence-corrected chi connectivity index (χ2v) is 7.40. The summed E-state index contributed by atoms with van der Waals surface area (Å²) in [6, 6.07) is 18.3. The predicted octanol–water partition coefficient (Wildman–Crippen LogP) is 3.14. The molecule has 2 saturated heterocycles. The number of amides is 1. The molecular formula is C23H27N3O2. The quantitative estimate of drug-likeness (QED) is 0.870. The Kier molecular flexibility index (Phi) is 5.35. The molecule has 5 nitrogen and oxygen atoms in total. The second-order valence-electron chi connectivity index (χ2n) is 7.40. The van der Waals surface area contributed by atoms with Crippen LogP contribution < -0.4 is 15.0 Å². The summed E-state index contributed by atoms with van der Waals surface area (Å²) in [6.07, 6.45) is 5.98. The van der Waals surface area contributed by atoms with Crippen molar-refractivity contribution in [1.29, 1.82) is 0 Å². The van der Waals surface area contributed by atoms with Gasteiger partial charge in [-0.25, -0.2) is 0 Å². The number of likely N-dealkylation sites (tertiary alicyclic amines) is 1. The fourth-order valence-corrected chi connectivity index (χ4v) is 4.27. The van der Waals surface area contributed by atoms with Gasteiger partial charge in [-0.15, -0.1) is 0 Å². The molecular weight excluding hydrogens is 350 g/mol. The summed E-state index contributed by atoms with van der Waals surface area (Å²) >= 11 is 0. The molecule has 2 aliphatic rings. The highest BCUT2D eigenvalue weighted by molar-refractivity contribution is 5.93. The summed E-state index contributed by atoms with van der Waals surface area (Å²) in [7, 11) is 1.70. The Bertz CT molecular complexity index is 842. The van der Waals surface area contributed by atoms with Gasteiger partial charge in [-0.3, -0.25) is 9.69 Å². The van der Waals surface area contributed by atoms with Crippen molar-refractivity contribution in [3.63, 3.8) is 0 Å². The lowest BCUT2D eigenvalue weighted by molar-refractivity contribution is -0.125. The van der Waals surface area contributed by atoms with Crippen LogP contribution in [0, 0.1) is 0 Å². The highest BCUT2D eigenvalue weighted by atomic mass is 16.5. The molecule has 2 aliphatic heterocycles. The first-order chi connectivity index (χ1) is 13.7. The van der Waals surface area contributed by atoms with E-state index < -0.39 is 5.54 Å². The van der Waals surface area contributed by atoms with E-state index in [2.05, 4.69) is 45.5 Å². The first-order valence-corrected chi connectivity index (χ1v) is 9.86. The van der Waals surface area contributed by atoms with Gasteiger partial charge in [-0.1, -0.05) is 48.6 Å². The average molecular weight is 377 g/mol. The number of ether oxygens (including phenoxy) is 1. The summed E-state index contributed by atoms with van der Waals surface area (Å²) in [6.45, 7) is 3.29. The van der Waals surface area contributed by atoms with Crippen molar-refractivity contribution >= 4 is 17.7 Å². The number of carbonyl (C=O) groups excluding carboxylic acids is 1. The SMILES string of the molecule is COc1ccccc1/C=C\CN1CCC2(CC1)C(=O)NCN2c1ccccc1. The number of rotatable bonds is 5. The number of nitrogens with zero attached hydrogens (tertiary/aromatic N) is 2. The summed E-state index contributed by atoms with van der Waals surface area (Å²) < 4.78 is 5.40. The van der Waals surface area contributed by atoms with Crippen molar-refractivity contribution in [1.82, 2.24) is 10.2 Å². The topological polar surface area (TPSA) is 44.8 Å². The molecule has 0 aromatic heterocycles. The van der Waals surface area contributed by atoms with Gasteiger partial charge in [0.2, 0.25) is 5.91 Å². The summed E-state index contributed by atoms with van der Waals surface area (Å²) in [5, 5.41) is 3.06. The van der Waals surface area contributed by atoms with Crippen LogP contribution in [0.25, 0.3) is 6.08 Å². The van der Waals surface area contributed by atoms with Crippen LogP contribution in [0.3, 0.4) is 0 Å². The van der Waals surface area contributed by atoms with Crippen molar-refractivity contribution in [2.75, 3.05) is 38.3 Å². The Hall–Kier alpha value is -2.79. The number of benzene rings is 2. The lowest BCUT2D eigenvalue weighted by atomic mass is 9.85. The molecule has 0 unspecified atom stereocenters. The van der Waals surface area contributed by atoms with Gasteiger partial charge in [0.05, 0.1) is 13.8 Å². The van der Waals surface area contributed by atoms with E-state index in [0.717, 1.165) is 49.5 Å². The van der Waals surface area contributed by atoms with Crippen LogP contribution in [0.15, 0.2) is 60.7 Å². The zero-order chi connectivity index (χ0) is 19.4. The third kappa shape index (κ3) is 3.50. The number of nitrogens with one attached hydrogen (secondary N) is 1. The van der Waals surface area contributed by atoms with E-state index >= 15 is 0 Å². The lowest BCUT2D eigenvalue weighted by Crippen LogP contribution is -2.56. The number of methoxy groups -OCH3 is 1. The maximum absolute atomic E-state index is 12.7. The van der Waals surface area contributed by atoms with Crippen LogP contribution in [0.1, 0.15) is 18.4 Å². The molecule has 2 aromatic rings. The zero-order valence-electron chi connectivity index (χ0n) is 16.3. The van der Waals surface area contributed by atoms with Gasteiger partial charge in [0.15, 0.2) is 0 Å². The standard InChI is InChI=1S/C23H27N3O2/c1-28-21-12-6-5-8-19(21)9-7-15-25-16-13-23(14-17-25)22(27)24-18-26(23)20-10-3-2-4-11-20/h2-12H,13-18H2,1H3,(H,24,27)/b9-7-. The molecule has 1 amide bonds. The maximum atomic E-state index is 12.7. The van der Waals surface area contributed by atoms with Crippen LogP contribution in [0.4, 0.5) is 5.69 Å². The third-order valence-corrected chi connectivity index (χ3v) is 5.89. The number of carbonyl (C=O) groups is 1. The Balaban J connectivity index is 1.40. The molecule has 0 atom stereocenters. The van der Waals surface area contributed by atoms with Crippen LogP contribution in [0.5, 0.6) is 5.75 Å². The monoisotopic (exact) mass is 377 g/mol. The van der Waals surface area contributed by atoms with E-state index in [1.807, 2.05) is 36.4 Å². The van der Waals surface area contributed by atoms with Crippen molar-refractivity contribution < 1.29 is 9.53 Å². The Labute approximate surface area is 166 Å². The number of hydrogen-bond donors (Lipinski definition) is 1. The number of para-hydroxylation sites is 2. The Morgan fingerprint density at radius 1 is 1.07 bits per heavy atom. The van der Waals surface area contributed by atoms with Gasteiger partial charge < -0.3 is 15.0 Å². The van der Waals surface area contributed by atoms with E-state index in [9.17, 15) is 4.79 Å². The number of hydrogen-bond acceptors (Lipinski definition) is 4. The molecule has 0 saturated carbocycles. The van der Waals surface area contributed by atoms with Crippen LogP contribution in [-0.2, 0) is 4.79 Å². The molecule has 2 aromatic carbocycles. The summed E-state index contributed by atoms with van der Waals surface area (Å²) in [5.74, 6) is 1.05. The lowest BCUT2D eigenvalue weighted by Gasteiger charge is -2.43. The Morgan fingerprint density at radius 3 is 2.54 bits per heavy atom. The van der Waals surface area contributed by atoms with E-state index in [0.29, 0.717) is 6.67 Å². The first-order valence-electron chi connectivity index (χ1n) is 9.86. The zero-order valence-corrected chi connectivity index (χ0v) is 16.3. The molecule has 146 valence electrons. The summed E-state index contributed by atoms with van der Waals surface area (Å²) in [5.41, 5.74) is 1.79. The molecule has 4 rings (SSSR count). The highest BCUT2D eigenvalue weighted by Crippen LogP contribution is 2.36.